The van der Waals surface area contributed by atoms with E-state index in [0.29, 0.717) is 5.13 Å². The second kappa shape index (κ2) is 10.6. The van der Waals surface area contributed by atoms with E-state index in [0.717, 1.165) is 41.8 Å². The van der Waals surface area contributed by atoms with Gasteiger partial charge in [-0.15, -0.1) is 23.1 Å². The molecule has 1 unspecified atom stereocenters. The van der Waals surface area contributed by atoms with Crippen molar-refractivity contribution in [1.29, 1.82) is 0 Å². The molecule has 160 valence electrons. The highest BCUT2D eigenvalue weighted by molar-refractivity contribution is 8.00. The number of anilines is 2. The monoisotopic (exact) mass is 451 g/mol. The van der Waals surface area contributed by atoms with Crippen LogP contribution in [0, 0.1) is 5.92 Å². The number of nitrogens with one attached hydrogen (secondary N) is 2. The Morgan fingerprint density at radius 2 is 1.71 bits per heavy atom. The van der Waals surface area contributed by atoms with Crippen LogP contribution in [-0.2, 0) is 9.59 Å². The summed E-state index contributed by atoms with van der Waals surface area (Å²) in [6.07, 6.45) is 7.13. The van der Waals surface area contributed by atoms with Crippen molar-refractivity contribution in [3.8, 4) is 0 Å². The SMILES string of the molecule is O=C(Nc1ccc(SC(C(=O)Nc2nccs2)c2ccccc2)cc1)C1CCCCC1. The standard InChI is InChI=1S/C24H25N3O2S2/c28-22(18-9-5-2-6-10-18)26-19-11-13-20(14-12-19)31-21(17-7-3-1-4-8-17)23(29)27-24-25-15-16-30-24/h1,3-4,7-8,11-16,18,21H,2,5-6,9-10H2,(H,26,28)(H,25,27,29). The van der Waals surface area contributed by atoms with Gasteiger partial charge in [-0.1, -0.05) is 49.6 Å². The number of rotatable bonds is 7. The van der Waals surface area contributed by atoms with E-state index in [1.165, 1.54) is 29.5 Å². The van der Waals surface area contributed by atoms with E-state index in [1.807, 2.05) is 60.0 Å². The van der Waals surface area contributed by atoms with Crippen molar-refractivity contribution in [3.05, 3.63) is 71.7 Å². The maximum Gasteiger partial charge on any atom is 0.244 e. The van der Waals surface area contributed by atoms with Gasteiger partial charge in [0.15, 0.2) is 5.13 Å². The molecule has 1 saturated carbocycles. The van der Waals surface area contributed by atoms with Gasteiger partial charge in [-0.2, -0.15) is 0 Å². The van der Waals surface area contributed by atoms with E-state index in [1.54, 1.807) is 6.20 Å². The van der Waals surface area contributed by atoms with Gasteiger partial charge in [0.05, 0.1) is 0 Å². The average molecular weight is 452 g/mol. The Bertz CT molecular complexity index is 985. The van der Waals surface area contributed by atoms with Gasteiger partial charge in [0, 0.05) is 28.1 Å². The third kappa shape index (κ3) is 5.95. The van der Waals surface area contributed by atoms with Crippen LogP contribution in [0.4, 0.5) is 10.8 Å². The predicted octanol–water partition coefficient (Wildman–Crippen LogP) is 6.13. The van der Waals surface area contributed by atoms with Gasteiger partial charge in [0.2, 0.25) is 11.8 Å². The van der Waals surface area contributed by atoms with Crippen LogP contribution in [0.1, 0.15) is 42.9 Å². The smallest absolute Gasteiger partial charge is 0.244 e. The normalized spacial score (nSPS) is 15.2. The van der Waals surface area contributed by atoms with Crippen LogP contribution < -0.4 is 10.6 Å². The fraction of sp³-hybridized carbons (Fsp3) is 0.292. The van der Waals surface area contributed by atoms with Crippen LogP contribution in [0.15, 0.2) is 71.1 Å². The van der Waals surface area contributed by atoms with E-state index in [-0.39, 0.29) is 17.7 Å². The minimum absolute atomic E-state index is 0.110. The highest BCUT2D eigenvalue weighted by atomic mass is 32.2. The molecule has 31 heavy (non-hydrogen) atoms. The van der Waals surface area contributed by atoms with Crippen molar-refractivity contribution in [1.82, 2.24) is 4.98 Å². The quantitative estimate of drug-likeness (QED) is 0.424. The molecule has 1 fully saturated rings. The molecule has 1 aliphatic carbocycles. The average Bonchev–Trinajstić information content (AvgIpc) is 3.32. The Morgan fingerprint density at radius 1 is 0.968 bits per heavy atom. The fourth-order valence-electron chi connectivity index (χ4n) is 3.72. The Morgan fingerprint density at radius 3 is 2.39 bits per heavy atom. The third-order valence-electron chi connectivity index (χ3n) is 5.35. The molecule has 0 saturated heterocycles. The first-order valence-corrected chi connectivity index (χ1v) is 12.3. The molecule has 1 aromatic heterocycles. The number of hydrogen-bond donors (Lipinski definition) is 2. The van der Waals surface area contributed by atoms with Gasteiger partial charge in [-0.05, 0) is 42.7 Å². The minimum atomic E-state index is -0.409. The molecule has 0 bridgehead atoms. The van der Waals surface area contributed by atoms with E-state index >= 15 is 0 Å². The maximum absolute atomic E-state index is 13.0. The number of nitrogens with zero attached hydrogens (tertiary/aromatic N) is 1. The number of carbonyl (C=O) groups is 2. The zero-order valence-electron chi connectivity index (χ0n) is 17.1. The molecule has 5 nitrogen and oxygen atoms in total. The Hall–Kier alpha value is -2.64. The van der Waals surface area contributed by atoms with Gasteiger partial charge in [0.25, 0.3) is 0 Å². The van der Waals surface area contributed by atoms with E-state index in [4.69, 9.17) is 0 Å². The Kier molecular flexibility index (Phi) is 7.38. The van der Waals surface area contributed by atoms with Crippen molar-refractivity contribution >= 4 is 45.7 Å². The summed E-state index contributed by atoms with van der Waals surface area (Å²) in [5, 5.41) is 7.96. The molecule has 4 rings (SSSR count). The minimum Gasteiger partial charge on any atom is -0.326 e. The molecule has 2 amide bonds. The molecule has 3 aromatic rings. The second-order valence-electron chi connectivity index (χ2n) is 7.58. The predicted molar refractivity (Wildman–Crippen MR) is 127 cm³/mol. The molecular weight excluding hydrogens is 426 g/mol. The largest absolute Gasteiger partial charge is 0.326 e. The van der Waals surface area contributed by atoms with Crippen LogP contribution in [0.3, 0.4) is 0 Å². The van der Waals surface area contributed by atoms with Crippen LogP contribution in [0.25, 0.3) is 0 Å². The van der Waals surface area contributed by atoms with Crippen LogP contribution >= 0.6 is 23.1 Å². The number of thiazole rings is 1. The lowest BCUT2D eigenvalue weighted by Gasteiger charge is -2.21. The van der Waals surface area contributed by atoms with Crippen molar-refractivity contribution in [2.75, 3.05) is 10.6 Å². The van der Waals surface area contributed by atoms with Crippen molar-refractivity contribution < 1.29 is 9.59 Å². The molecule has 2 N–H and O–H groups in total. The lowest BCUT2D eigenvalue weighted by molar-refractivity contribution is -0.120. The van der Waals surface area contributed by atoms with E-state index in [9.17, 15) is 9.59 Å². The number of carbonyl (C=O) groups excluding carboxylic acids is 2. The van der Waals surface area contributed by atoms with Crippen LogP contribution in [-0.4, -0.2) is 16.8 Å². The summed E-state index contributed by atoms with van der Waals surface area (Å²) in [5.41, 5.74) is 1.72. The maximum atomic E-state index is 13.0. The third-order valence-corrected chi connectivity index (χ3v) is 7.31. The summed E-state index contributed by atoms with van der Waals surface area (Å²) in [7, 11) is 0. The lowest BCUT2D eigenvalue weighted by atomic mass is 9.88. The topological polar surface area (TPSA) is 71.1 Å². The van der Waals surface area contributed by atoms with Crippen molar-refractivity contribution in [2.24, 2.45) is 5.92 Å². The molecule has 7 heteroatoms. The molecule has 0 aliphatic heterocycles. The van der Waals surface area contributed by atoms with Gasteiger partial charge < -0.3 is 10.6 Å². The summed E-state index contributed by atoms with van der Waals surface area (Å²) in [4.78, 5) is 30.6. The number of benzene rings is 2. The van der Waals surface area contributed by atoms with Gasteiger partial charge in [-0.25, -0.2) is 4.98 Å². The van der Waals surface area contributed by atoms with Crippen LogP contribution in [0.5, 0.6) is 0 Å². The molecule has 2 aromatic carbocycles. The molecule has 0 spiro atoms. The molecule has 1 aliphatic rings. The Labute approximate surface area is 190 Å². The Balaban J connectivity index is 1.44. The molecule has 1 atom stereocenters. The van der Waals surface area contributed by atoms with Gasteiger partial charge in [0.1, 0.15) is 5.25 Å². The van der Waals surface area contributed by atoms with Gasteiger partial charge >= 0.3 is 0 Å². The molecule has 1 heterocycles. The van der Waals surface area contributed by atoms with Crippen molar-refractivity contribution in [3.63, 3.8) is 0 Å². The highest BCUT2D eigenvalue weighted by Gasteiger charge is 2.23. The first-order valence-electron chi connectivity index (χ1n) is 10.5. The molecule has 0 radical (unpaired) electrons. The summed E-state index contributed by atoms with van der Waals surface area (Å²) in [5.74, 6) is 0.130. The van der Waals surface area contributed by atoms with E-state index < -0.39 is 5.25 Å². The number of thioether (sulfide) groups is 1. The lowest BCUT2D eigenvalue weighted by Crippen LogP contribution is -2.24. The van der Waals surface area contributed by atoms with Crippen LogP contribution in [0.2, 0.25) is 0 Å². The zero-order valence-corrected chi connectivity index (χ0v) is 18.8. The second-order valence-corrected chi connectivity index (χ2v) is 9.66. The van der Waals surface area contributed by atoms with E-state index in [2.05, 4.69) is 15.6 Å². The number of aromatic nitrogens is 1. The summed E-state index contributed by atoms with van der Waals surface area (Å²) in [6, 6.07) is 17.4. The summed E-state index contributed by atoms with van der Waals surface area (Å²) >= 11 is 2.88. The summed E-state index contributed by atoms with van der Waals surface area (Å²) in [6.45, 7) is 0. The van der Waals surface area contributed by atoms with Crippen molar-refractivity contribution in [2.45, 2.75) is 42.2 Å². The highest BCUT2D eigenvalue weighted by Crippen LogP contribution is 2.37. The van der Waals surface area contributed by atoms with Gasteiger partial charge in [-0.3, -0.25) is 9.59 Å². The fourth-order valence-corrected chi connectivity index (χ4v) is 5.28. The molecular formula is C24H25N3O2S2. The zero-order chi connectivity index (χ0) is 21.5. The summed E-state index contributed by atoms with van der Waals surface area (Å²) < 4.78 is 0. The number of hydrogen-bond acceptors (Lipinski definition) is 5. The first kappa shape index (κ1) is 21.6. The number of amides is 2. The first-order chi connectivity index (χ1) is 15.2.